The number of amides is 1. The van der Waals surface area contributed by atoms with Gasteiger partial charge in [0.15, 0.2) is 0 Å². The van der Waals surface area contributed by atoms with Crippen LogP contribution in [0.4, 0.5) is 0 Å². The van der Waals surface area contributed by atoms with Crippen molar-refractivity contribution in [2.45, 2.75) is 32.4 Å². The first-order valence-electron chi connectivity index (χ1n) is 6.57. The van der Waals surface area contributed by atoms with Gasteiger partial charge < -0.3 is 15.0 Å². The maximum Gasteiger partial charge on any atom is 0.263 e. The van der Waals surface area contributed by atoms with Crippen molar-refractivity contribution in [2.75, 3.05) is 27.2 Å². The van der Waals surface area contributed by atoms with Crippen molar-refractivity contribution < 1.29 is 9.53 Å². The Bertz CT molecular complexity index is 439. The van der Waals surface area contributed by atoms with Crippen LogP contribution in [-0.2, 0) is 11.3 Å². The maximum absolute atomic E-state index is 12.1. The lowest BCUT2D eigenvalue weighted by Gasteiger charge is -2.10. The van der Waals surface area contributed by atoms with Gasteiger partial charge in [0.05, 0.1) is 11.8 Å². The normalized spacial score (nSPS) is 19.1. The summed E-state index contributed by atoms with van der Waals surface area (Å²) in [6.07, 6.45) is 2.31. The lowest BCUT2D eigenvalue weighted by Crippen LogP contribution is -2.31. The van der Waals surface area contributed by atoms with E-state index < -0.39 is 0 Å². The van der Waals surface area contributed by atoms with E-state index in [0.717, 1.165) is 41.6 Å². The van der Waals surface area contributed by atoms with E-state index in [-0.39, 0.29) is 12.0 Å². The Balaban J connectivity index is 1.92. The molecule has 1 saturated heterocycles. The minimum atomic E-state index is -0.0319. The summed E-state index contributed by atoms with van der Waals surface area (Å²) in [5.74, 6) is -0.0319. The number of hydrogen-bond acceptors (Lipinski definition) is 5. The zero-order valence-electron chi connectivity index (χ0n) is 11.7. The molecule has 1 aromatic heterocycles. The van der Waals surface area contributed by atoms with Crippen LogP contribution < -0.4 is 5.32 Å². The number of carbonyl (C=O) groups excluding carboxylic acids is 1. The second-order valence-corrected chi connectivity index (χ2v) is 6.19. The van der Waals surface area contributed by atoms with Crippen LogP contribution >= 0.6 is 11.3 Å². The standard InChI is InChI=1S/C13H21N3O2S/c1-9-12(19-11(15-9)8-16(2)3)13(17)14-7-10-5-4-6-18-10/h10H,4-8H2,1-3H3,(H,14,17). The molecule has 1 atom stereocenters. The summed E-state index contributed by atoms with van der Waals surface area (Å²) in [6, 6.07) is 0. The topological polar surface area (TPSA) is 54.5 Å². The molecule has 0 aromatic carbocycles. The number of nitrogens with zero attached hydrogens (tertiary/aromatic N) is 2. The van der Waals surface area contributed by atoms with E-state index in [1.54, 1.807) is 0 Å². The van der Waals surface area contributed by atoms with Gasteiger partial charge in [0, 0.05) is 19.7 Å². The van der Waals surface area contributed by atoms with Crippen molar-refractivity contribution in [3.63, 3.8) is 0 Å². The molecule has 1 unspecified atom stereocenters. The summed E-state index contributed by atoms with van der Waals surface area (Å²) in [4.78, 5) is 19.3. The monoisotopic (exact) mass is 283 g/mol. The molecular formula is C13H21N3O2S. The van der Waals surface area contributed by atoms with E-state index in [1.807, 2.05) is 25.9 Å². The molecule has 0 bridgehead atoms. The van der Waals surface area contributed by atoms with E-state index in [4.69, 9.17) is 4.74 Å². The van der Waals surface area contributed by atoms with Crippen LogP contribution in [-0.4, -0.2) is 49.1 Å². The van der Waals surface area contributed by atoms with Crippen LogP contribution in [0.5, 0.6) is 0 Å². The zero-order valence-corrected chi connectivity index (χ0v) is 12.5. The zero-order chi connectivity index (χ0) is 13.8. The average Bonchev–Trinajstić information content (AvgIpc) is 2.95. The largest absolute Gasteiger partial charge is 0.376 e. The third-order valence-electron chi connectivity index (χ3n) is 3.01. The van der Waals surface area contributed by atoms with Crippen LogP contribution in [0.1, 0.15) is 33.2 Å². The van der Waals surface area contributed by atoms with E-state index >= 15 is 0 Å². The lowest BCUT2D eigenvalue weighted by molar-refractivity contribution is 0.0860. The quantitative estimate of drug-likeness (QED) is 0.888. The van der Waals surface area contributed by atoms with E-state index in [0.29, 0.717) is 6.54 Å². The third kappa shape index (κ3) is 3.99. The second kappa shape index (κ2) is 6.45. The van der Waals surface area contributed by atoms with Crippen LogP contribution in [0.3, 0.4) is 0 Å². The minimum absolute atomic E-state index is 0.0319. The Morgan fingerprint density at radius 1 is 1.58 bits per heavy atom. The first-order chi connectivity index (χ1) is 9.06. The molecule has 1 fully saturated rings. The molecule has 0 radical (unpaired) electrons. The van der Waals surface area contributed by atoms with Crippen LogP contribution in [0, 0.1) is 6.92 Å². The smallest absolute Gasteiger partial charge is 0.263 e. The van der Waals surface area contributed by atoms with Crippen LogP contribution in [0.2, 0.25) is 0 Å². The molecule has 106 valence electrons. The molecular weight excluding hydrogens is 262 g/mol. The van der Waals surface area contributed by atoms with Crippen LogP contribution in [0.15, 0.2) is 0 Å². The van der Waals surface area contributed by atoms with Crippen molar-refractivity contribution in [2.24, 2.45) is 0 Å². The second-order valence-electron chi connectivity index (χ2n) is 5.10. The molecule has 6 heteroatoms. The highest BCUT2D eigenvalue weighted by Gasteiger charge is 2.19. The molecule has 1 amide bonds. The van der Waals surface area contributed by atoms with Crippen molar-refractivity contribution >= 4 is 17.2 Å². The molecule has 1 aromatic rings. The molecule has 2 heterocycles. The molecule has 5 nitrogen and oxygen atoms in total. The molecule has 1 N–H and O–H groups in total. The number of aryl methyl sites for hydroxylation is 1. The molecule has 1 aliphatic heterocycles. The number of hydrogen-bond donors (Lipinski definition) is 1. The van der Waals surface area contributed by atoms with Gasteiger partial charge in [-0.25, -0.2) is 4.98 Å². The highest BCUT2D eigenvalue weighted by molar-refractivity contribution is 7.13. The van der Waals surface area contributed by atoms with Gasteiger partial charge in [-0.05, 0) is 33.9 Å². The number of ether oxygens (including phenoxy) is 1. The van der Waals surface area contributed by atoms with Gasteiger partial charge in [0.25, 0.3) is 5.91 Å². The molecule has 19 heavy (non-hydrogen) atoms. The van der Waals surface area contributed by atoms with Gasteiger partial charge in [0.2, 0.25) is 0 Å². The Kier molecular flexibility index (Phi) is 4.90. The maximum atomic E-state index is 12.1. The van der Waals surface area contributed by atoms with Crippen molar-refractivity contribution in [3.8, 4) is 0 Å². The van der Waals surface area contributed by atoms with Gasteiger partial charge in [-0.3, -0.25) is 4.79 Å². The van der Waals surface area contributed by atoms with Gasteiger partial charge >= 0.3 is 0 Å². The summed E-state index contributed by atoms with van der Waals surface area (Å²) < 4.78 is 5.49. The molecule has 0 aliphatic carbocycles. The fourth-order valence-corrected chi connectivity index (χ4v) is 3.19. The van der Waals surface area contributed by atoms with Gasteiger partial charge in [-0.2, -0.15) is 0 Å². The fourth-order valence-electron chi connectivity index (χ4n) is 2.09. The molecule has 0 spiro atoms. The summed E-state index contributed by atoms with van der Waals surface area (Å²) in [5, 5.41) is 3.92. The number of nitrogens with one attached hydrogen (secondary N) is 1. The van der Waals surface area contributed by atoms with Crippen molar-refractivity contribution in [1.29, 1.82) is 0 Å². The average molecular weight is 283 g/mol. The highest BCUT2D eigenvalue weighted by atomic mass is 32.1. The van der Waals surface area contributed by atoms with E-state index in [2.05, 4.69) is 10.3 Å². The van der Waals surface area contributed by atoms with E-state index in [1.165, 1.54) is 11.3 Å². The third-order valence-corrected chi connectivity index (χ3v) is 4.15. The molecule has 2 rings (SSSR count). The first kappa shape index (κ1) is 14.4. The minimum Gasteiger partial charge on any atom is -0.376 e. The van der Waals surface area contributed by atoms with Crippen molar-refractivity contribution in [1.82, 2.24) is 15.2 Å². The van der Waals surface area contributed by atoms with Crippen molar-refractivity contribution in [3.05, 3.63) is 15.6 Å². The summed E-state index contributed by atoms with van der Waals surface area (Å²) >= 11 is 1.47. The molecule has 1 aliphatic rings. The van der Waals surface area contributed by atoms with Crippen LogP contribution in [0.25, 0.3) is 0 Å². The summed E-state index contributed by atoms with van der Waals surface area (Å²) in [6.45, 7) is 4.06. The Morgan fingerprint density at radius 3 is 3.00 bits per heavy atom. The SMILES string of the molecule is Cc1nc(CN(C)C)sc1C(=O)NCC1CCCO1. The summed E-state index contributed by atoms with van der Waals surface area (Å²) in [5.41, 5.74) is 0.812. The van der Waals surface area contributed by atoms with Gasteiger partial charge in [0.1, 0.15) is 9.88 Å². The number of carbonyl (C=O) groups is 1. The Morgan fingerprint density at radius 2 is 2.37 bits per heavy atom. The van der Waals surface area contributed by atoms with Gasteiger partial charge in [-0.15, -0.1) is 11.3 Å². The first-order valence-corrected chi connectivity index (χ1v) is 7.38. The van der Waals surface area contributed by atoms with Gasteiger partial charge in [-0.1, -0.05) is 0 Å². The number of rotatable bonds is 5. The summed E-state index contributed by atoms with van der Waals surface area (Å²) in [7, 11) is 3.99. The van der Waals surface area contributed by atoms with E-state index in [9.17, 15) is 4.79 Å². The predicted octanol–water partition coefficient (Wildman–Crippen LogP) is 1.42. The Hall–Kier alpha value is -0.980. The molecule has 0 saturated carbocycles. The number of thiazole rings is 1. The lowest BCUT2D eigenvalue weighted by atomic mass is 10.2. The predicted molar refractivity (Wildman–Crippen MR) is 75.5 cm³/mol. The Labute approximate surface area is 118 Å². The highest BCUT2D eigenvalue weighted by Crippen LogP contribution is 2.19. The fraction of sp³-hybridized carbons (Fsp3) is 0.692. The number of aromatic nitrogens is 1.